The maximum atomic E-state index is 3.78. The van der Waals surface area contributed by atoms with Crippen molar-refractivity contribution in [1.82, 2.24) is 9.97 Å². The van der Waals surface area contributed by atoms with Gasteiger partial charge in [0.15, 0.2) is 0 Å². The van der Waals surface area contributed by atoms with Crippen LogP contribution in [0.4, 0.5) is 0 Å². The second kappa shape index (κ2) is 6.00. The number of aryl methyl sites for hydroxylation is 1. The molecule has 0 fully saturated rings. The average Bonchev–Trinajstić information content (AvgIpc) is 2.74. The fraction of sp³-hybridized carbons (Fsp3) is 0.182. The molecule has 2 heterocycles. The Morgan fingerprint density at radius 1 is 1.15 bits per heavy atom. The number of H-pyrrole nitrogens is 1. The fourth-order valence-corrected chi connectivity index (χ4v) is 0.900. The molecule has 2 aromatic rings. The van der Waals surface area contributed by atoms with Gasteiger partial charge in [-0.3, -0.25) is 4.98 Å². The molecule has 13 heavy (non-hydrogen) atoms. The zero-order valence-electron chi connectivity index (χ0n) is 7.77. The standard InChI is InChI=1S/C6H9N.C5H5N/c1-2-6-4-3-5-7-6;1-2-4-6-5-3-1/h3-5,7H,2H2,1H3;1-5H. The molecule has 2 rings (SSSR count). The Bertz CT molecular complexity index is 260. The van der Waals surface area contributed by atoms with Crippen LogP contribution in [0.3, 0.4) is 0 Å². The summed E-state index contributed by atoms with van der Waals surface area (Å²) in [5.41, 5.74) is 1.31. The van der Waals surface area contributed by atoms with Crippen LogP contribution in [0.25, 0.3) is 0 Å². The van der Waals surface area contributed by atoms with Gasteiger partial charge in [0.05, 0.1) is 0 Å². The van der Waals surface area contributed by atoms with Crippen LogP contribution in [0, 0.1) is 0 Å². The Morgan fingerprint density at radius 2 is 1.92 bits per heavy atom. The van der Waals surface area contributed by atoms with Crippen LogP contribution < -0.4 is 0 Å². The Labute approximate surface area is 78.7 Å². The Kier molecular flexibility index (Phi) is 4.39. The maximum absolute atomic E-state index is 3.78. The highest BCUT2D eigenvalue weighted by molar-refractivity contribution is 5.02. The zero-order valence-corrected chi connectivity index (χ0v) is 7.77. The van der Waals surface area contributed by atoms with Crippen molar-refractivity contribution < 1.29 is 0 Å². The van der Waals surface area contributed by atoms with E-state index in [9.17, 15) is 0 Å². The van der Waals surface area contributed by atoms with Gasteiger partial charge in [-0.15, -0.1) is 0 Å². The molecule has 0 aliphatic heterocycles. The number of nitrogens with one attached hydrogen (secondary N) is 1. The lowest BCUT2D eigenvalue weighted by Crippen LogP contribution is -1.73. The minimum Gasteiger partial charge on any atom is -0.365 e. The first-order chi connectivity index (χ1) is 6.43. The minimum atomic E-state index is 1.10. The molecule has 0 unspecified atom stereocenters. The molecule has 0 radical (unpaired) electrons. The molecular weight excluding hydrogens is 160 g/mol. The quantitative estimate of drug-likeness (QED) is 0.707. The smallest absolute Gasteiger partial charge is 0.0267 e. The lowest BCUT2D eigenvalue weighted by molar-refractivity contribution is 1.06. The summed E-state index contributed by atoms with van der Waals surface area (Å²) in [6.45, 7) is 2.13. The van der Waals surface area contributed by atoms with Crippen LogP contribution in [0.15, 0.2) is 48.9 Å². The number of aromatic amines is 1. The van der Waals surface area contributed by atoms with Crippen molar-refractivity contribution in [3.8, 4) is 0 Å². The van der Waals surface area contributed by atoms with E-state index in [1.807, 2.05) is 30.5 Å². The van der Waals surface area contributed by atoms with Crippen molar-refractivity contribution in [3.63, 3.8) is 0 Å². The molecule has 1 N–H and O–H groups in total. The van der Waals surface area contributed by atoms with Gasteiger partial charge in [0.1, 0.15) is 0 Å². The summed E-state index contributed by atoms with van der Waals surface area (Å²) in [5, 5.41) is 0. The van der Waals surface area contributed by atoms with Crippen molar-refractivity contribution in [2.24, 2.45) is 0 Å². The van der Waals surface area contributed by atoms with Gasteiger partial charge >= 0.3 is 0 Å². The lowest BCUT2D eigenvalue weighted by Gasteiger charge is -1.81. The Balaban J connectivity index is 0.000000132. The summed E-state index contributed by atoms with van der Waals surface area (Å²) in [6.07, 6.45) is 6.55. The van der Waals surface area contributed by atoms with E-state index in [0.29, 0.717) is 0 Å². The highest BCUT2D eigenvalue weighted by Gasteiger charge is 1.80. The summed E-state index contributed by atoms with van der Waals surface area (Å²) in [5.74, 6) is 0. The van der Waals surface area contributed by atoms with Crippen LogP contribution in [-0.2, 0) is 6.42 Å². The molecule has 0 atom stereocenters. The third kappa shape index (κ3) is 4.11. The number of pyridine rings is 1. The molecule has 2 nitrogen and oxygen atoms in total. The van der Waals surface area contributed by atoms with Crippen molar-refractivity contribution in [2.45, 2.75) is 13.3 Å². The molecule has 0 aliphatic rings. The van der Waals surface area contributed by atoms with E-state index in [1.165, 1.54) is 5.69 Å². The zero-order chi connectivity index (χ0) is 9.36. The summed E-state index contributed by atoms with van der Waals surface area (Å²) < 4.78 is 0. The number of rotatable bonds is 1. The van der Waals surface area contributed by atoms with Crippen LogP contribution in [0.2, 0.25) is 0 Å². The predicted octanol–water partition coefficient (Wildman–Crippen LogP) is 2.66. The van der Waals surface area contributed by atoms with Gasteiger partial charge in [0.2, 0.25) is 0 Å². The molecule has 0 aliphatic carbocycles. The van der Waals surface area contributed by atoms with Crippen LogP contribution in [0.1, 0.15) is 12.6 Å². The van der Waals surface area contributed by atoms with E-state index in [0.717, 1.165) is 6.42 Å². The highest BCUT2D eigenvalue weighted by Crippen LogP contribution is 1.92. The molecular formula is C11H14N2. The van der Waals surface area contributed by atoms with Gasteiger partial charge < -0.3 is 4.98 Å². The Morgan fingerprint density at radius 3 is 2.15 bits per heavy atom. The fourth-order valence-electron chi connectivity index (χ4n) is 0.900. The third-order valence-electron chi connectivity index (χ3n) is 1.61. The first kappa shape index (κ1) is 9.52. The normalized spacial score (nSPS) is 8.69. The van der Waals surface area contributed by atoms with E-state index in [4.69, 9.17) is 0 Å². The van der Waals surface area contributed by atoms with Crippen molar-refractivity contribution >= 4 is 0 Å². The first-order valence-electron chi connectivity index (χ1n) is 4.40. The van der Waals surface area contributed by atoms with E-state index < -0.39 is 0 Å². The van der Waals surface area contributed by atoms with Gasteiger partial charge in [-0.05, 0) is 30.7 Å². The maximum Gasteiger partial charge on any atom is 0.0267 e. The third-order valence-corrected chi connectivity index (χ3v) is 1.61. The SMILES string of the molecule is CCc1ccc[nH]1.c1ccncc1. The molecule has 0 amide bonds. The van der Waals surface area contributed by atoms with Crippen molar-refractivity contribution in [1.29, 1.82) is 0 Å². The predicted molar refractivity (Wildman–Crippen MR) is 54.4 cm³/mol. The average molecular weight is 174 g/mol. The highest BCUT2D eigenvalue weighted by atomic mass is 14.7. The topological polar surface area (TPSA) is 28.7 Å². The van der Waals surface area contributed by atoms with Gasteiger partial charge in [0, 0.05) is 24.3 Å². The molecule has 2 heteroatoms. The molecule has 0 aromatic carbocycles. The van der Waals surface area contributed by atoms with Crippen LogP contribution >= 0.6 is 0 Å². The second-order valence-corrected chi connectivity index (χ2v) is 2.57. The summed E-state index contributed by atoms with van der Waals surface area (Å²) in [7, 11) is 0. The van der Waals surface area contributed by atoms with Gasteiger partial charge in [-0.1, -0.05) is 13.0 Å². The minimum absolute atomic E-state index is 1.10. The molecule has 0 bridgehead atoms. The molecule has 0 spiro atoms. The lowest BCUT2D eigenvalue weighted by atomic mass is 10.4. The molecule has 0 saturated carbocycles. The van der Waals surface area contributed by atoms with Gasteiger partial charge in [-0.2, -0.15) is 0 Å². The number of aromatic nitrogens is 2. The van der Waals surface area contributed by atoms with E-state index >= 15 is 0 Å². The van der Waals surface area contributed by atoms with Gasteiger partial charge in [0.25, 0.3) is 0 Å². The number of hydrogen-bond acceptors (Lipinski definition) is 1. The van der Waals surface area contributed by atoms with Crippen LogP contribution in [0.5, 0.6) is 0 Å². The van der Waals surface area contributed by atoms with E-state index in [2.05, 4.69) is 23.0 Å². The van der Waals surface area contributed by atoms with Crippen LogP contribution in [-0.4, -0.2) is 9.97 Å². The van der Waals surface area contributed by atoms with E-state index in [1.54, 1.807) is 12.4 Å². The summed E-state index contributed by atoms with van der Waals surface area (Å²) in [4.78, 5) is 6.87. The molecule has 0 saturated heterocycles. The number of hydrogen-bond donors (Lipinski definition) is 1. The van der Waals surface area contributed by atoms with Crippen molar-refractivity contribution in [3.05, 3.63) is 54.6 Å². The van der Waals surface area contributed by atoms with Crippen molar-refractivity contribution in [2.75, 3.05) is 0 Å². The second-order valence-electron chi connectivity index (χ2n) is 2.57. The Hall–Kier alpha value is -1.57. The number of nitrogens with zero attached hydrogens (tertiary/aromatic N) is 1. The summed E-state index contributed by atoms with van der Waals surface area (Å²) in [6, 6.07) is 9.81. The monoisotopic (exact) mass is 174 g/mol. The van der Waals surface area contributed by atoms with E-state index in [-0.39, 0.29) is 0 Å². The molecule has 68 valence electrons. The van der Waals surface area contributed by atoms with Gasteiger partial charge in [-0.25, -0.2) is 0 Å². The first-order valence-corrected chi connectivity index (χ1v) is 4.40. The summed E-state index contributed by atoms with van der Waals surface area (Å²) >= 11 is 0. The largest absolute Gasteiger partial charge is 0.365 e. The molecule has 2 aromatic heterocycles.